The van der Waals surface area contributed by atoms with E-state index in [4.69, 9.17) is 0 Å². The predicted octanol–water partition coefficient (Wildman–Crippen LogP) is 3.66. The minimum Gasteiger partial charge on any atom is -0.481 e. The lowest BCUT2D eigenvalue weighted by molar-refractivity contribution is -0.146. The molecule has 4 heteroatoms. The second kappa shape index (κ2) is 6.19. The summed E-state index contributed by atoms with van der Waals surface area (Å²) in [7, 11) is 0. The Morgan fingerprint density at radius 1 is 1.17 bits per heavy atom. The van der Waals surface area contributed by atoms with E-state index in [1.165, 1.54) is 5.56 Å². The zero-order valence-corrected chi connectivity index (χ0v) is 13.5. The number of anilines is 1. The van der Waals surface area contributed by atoms with E-state index >= 15 is 0 Å². The van der Waals surface area contributed by atoms with Crippen LogP contribution in [-0.2, 0) is 9.59 Å². The molecule has 2 N–H and O–H groups in total. The molecule has 2 bridgehead atoms. The maximum atomic E-state index is 12.6. The largest absolute Gasteiger partial charge is 0.481 e. The van der Waals surface area contributed by atoms with Gasteiger partial charge in [0.1, 0.15) is 0 Å². The van der Waals surface area contributed by atoms with Crippen molar-refractivity contribution in [1.29, 1.82) is 0 Å². The maximum Gasteiger partial charge on any atom is 0.307 e. The van der Waals surface area contributed by atoms with Crippen molar-refractivity contribution in [3.8, 4) is 0 Å². The fourth-order valence-electron chi connectivity index (χ4n) is 3.87. The molecule has 1 amide bonds. The van der Waals surface area contributed by atoms with E-state index in [1.807, 2.05) is 36.4 Å². The Labute approximate surface area is 136 Å². The first-order chi connectivity index (χ1) is 11.0. The summed E-state index contributed by atoms with van der Waals surface area (Å²) in [6.45, 7) is 4.32. The Morgan fingerprint density at radius 3 is 2.35 bits per heavy atom. The van der Waals surface area contributed by atoms with Gasteiger partial charge in [-0.15, -0.1) is 0 Å². The molecule has 2 aliphatic rings. The standard InChI is InChI=1S/C19H23NO3/c1-3-11(2)12-6-8-15(9-7-12)20-18(21)16-13-4-5-14(10-13)17(16)19(22)23/h4-9,11,13-14,16-17H,3,10H2,1-2H3,(H,20,21)(H,22,23). The highest BCUT2D eigenvalue weighted by Crippen LogP contribution is 2.48. The SMILES string of the molecule is CCC(C)c1ccc(NC(=O)C2C3C=CC(C3)C2C(=O)O)cc1. The average molecular weight is 313 g/mol. The summed E-state index contributed by atoms with van der Waals surface area (Å²) in [5.74, 6) is -1.55. The molecule has 0 aromatic heterocycles. The van der Waals surface area contributed by atoms with Gasteiger partial charge in [0.2, 0.25) is 5.91 Å². The van der Waals surface area contributed by atoms with Gasteiger partial charge in [-0.3, -0.25) is 9.59 Å². The number of fused-ring (bicyclic) bond motifs is 2. The lowest BCUT2D eigenvalue weighted by Crippen LogP contribution is -2.36. The molecule has 0 radical (unpaired) electrons. The number of allylic oxidation sites excluding steroid dienone is 2. The summed E-state index contributed by atoms with van der Waals surface area (Å²) < 4.78 is 0. The lowest BCUT2D eigenvalue weighted by atomic mass is 9.82. The predicted molar refractivity (Wildman–Crippen MR) is 89.1 cm³/mol. The number of rotatable bonds is 5. The van der Waals surface area contributed by atoms with Crippen LogP contribution in [-0.4, -0.2) is 17.0 Å². The van der Waals surface area contributed by atoms with E-state index in [1.54, 1.807) is 0 Å². The van der Waals surface area contributed by atoms with E-state index in [-0.39, 0.29) is 17.7 Å². The molecule has 23 heavy (non-hydrogen) atoms. The molecular weight excluding hydrogens is 290 g/mol. The van der Waals surface area contributed by atoms with Crippen LogP contribution in [0, 0.1) is 23.7 Å². The van der Waals surface area contributed by atoms with Gasteiger partial charge in [-0.1, -0.05) is 38.1 Å². The van der Waals surface area contributed by atoms with E-state index < -0.39 is 17.8 Å². The van der Waals surface area contributed by atoms with Crippen molar-refractivity contribution in [3.05, 3.63) is 42.0 Å². The topological polar surface area (TPSA) is 66.4 Å². The average Bonchev–Trinajstić information content (AvgIpc) is 3.15. The summed E-state index contributed by atoms with van der Waals surface area (Å²) in [6.07, 6.45) is 5.81. The summed E-state index contributed by atoms with van der Waals surface area (Å²) >= 11 is 0. The van der Waals surface area contributed by atoms with E-state index in [2.05, 4.69) is 19.2 Å². The van der Waals surface area contributed by atoms with Gasteiger partial charge in [-0.2, -0.15) is 0 Å². The Morgan fingerprint density at radius 2 is 1.78 bits per heavy atom. The lowest BCUT2D eigenvalue weighted by Gasteiger charge is -2.24. The van der Waals surface area contributed by atoms with Gasteiger partial charge in [-0.25, -0.2) is 0 Å². The van der Waals surface area contributed by atoms with Crippen molar-refractivity contribution in [2.24, 2.45) is 23.7 Å². The van der Waals surface area contributed by atoms with Gasteiger partial charge >= 0.3 is 5.97 Å². The zero-order valence-electron chi connectivity index (χ0n) is 13.5. The van der Waals surface area contributed by atoms with Crippen LogP contribution in [0.25, 0.3) is 0 Å². The molecule has 5 unspecified atom stereocenters. The highest BCUT2D eigenvalue weighted by molar-refractivity contribution is 5.96. The van der Waals surface area contributed by atoms with Crippen LogP contribution in [0.1, 0.15) is 38.2 Å². The van der Waals surface area contributed by atoms with Crippen LogP contribution in [0.2, 0.25) is 0 Å². The van der Waals surface area contributed by atoms with Crippen LogP contribution >= 0.6 is 0 Å². The third-order valence-electron chi connectivity index (χ3n) is 5.41. The molecule has 4 nitrogen and oxygen atoms in total. The van der Waals surface area contributed by atoms with Crippen molar-refractivity contribution < 1.29 is 14.7 Å². The number of benzene rings is 1. The Bertz CT molecular complexity index is 635. The van der Waals surface area contributed by atoms with Gasteiger partial charge in [0.05, 0.1) is 11.8 Å². The number of aliphatic carboxylic acids is 1. The van der Waals surface area contributed by atoms with Crippen LogP contribution in [0.15, 0.2) is 36.4 Å². The van der Waals surface area contributed by atoms with Crippen molar-refractivity contribution in [2.45, 2.75) is 32.6 Å². The van der Waals surface area contributed by atoms with Gasteiger partial charge in [-0.05, 0) is 48.3 Å². The molecule has 5 atom stereocenters. The molecule has 122 valence electrons. The van der Waals surface area contributed by atoms with Gasteiger partial charge < -0.3 is 10.4 Å². The summed E-state index contributed by atoms with van der Waals surface area (Å²) in [5.41, 5.74) is 1.98. The van der Waals surface area contributed by atoms with Gasteiger partial charge in [0.15, 0.2) is 0 Å². The number of carbonyl (C=O) groups excluding carboxylic acids is 1. The number of hydrogen-bond donors (Lipinski definition) is 2. The van der Waals surface area contributed by atoms with Crippen LogP contribution < -0.4 is 5.32 Å². The monoisotopic (exact) mass is 313 g/mol. The molecule has 1 aromatic rings. The number of amides is 1. The summed E-state index contributed by atoms with van der Waals surface area (Å²) in [6, 6.07) is 7.86. The first-order valence-electron chi connectivity index (χ1n) is 8.33. The molecule has 3 rings (SSSR count). The fourth-order valence-corrected chi connectivity index (χ4v) is 3.87. The van der Waals surface area contributed by atoms with Crippen molar-refractivity contribution in [2.75, 3.05) is 5.32 Å². The molecule has 1 fully saturated rings. The second-order valence-corrected chi connectivity index (χ2v) is 6.76. The molecule has 0 aliphatic heterocycles. The van der Waals surface area contributed by atoms with Crippen LogP contribution in [0.3, 0.4) is 0 Å². The minimum atomic E-state index is -0.867. The minimum absolute atomic E-state index is 0.000954. The molecule has 2 aliphatic carbocycles. The van der Waals surface area contributed by atoms with Crippen molar-refractivity contribution in [1.82, 2.24) is 0 Å². The van der Waals surface area contributed by atoms with Crippen molar-refractivity contribution >= 4 is 17.6 Å². The molecule has 1 aromatic carbocycles. The Hall–Kier alpha value is -2.10. The Balaban J connectivity index is 1.72. The molecule has 0 saturated heterocycles. The van der Waals surface area contributed by atoms with Gasteiger partial charge in [0.25, 0.3) is 0 Å². The van der Waals surface area contributed by atoms with Crippen LogP contribution in [0.4, 0.5) is 5.69 Å². The highest BCUT2D eigenvalue weighted by atomic mass is 16.4. The first-order valence-corrected chi connectivity index (χ1v) is 8.33. The zero-order chi connectivity index (χ0) is 16.6. The summed E-state index contributed by atoms with van der Waals surface area (Å²) in [4.78, 5) is 24.1. The fraction of sp³-hybridized carbons (Fsp3) is 0.474. The number of carboxylic acid groups (broad SMARTS) is 1. The smallest absolute Gasteiger partial charge is 0.307 e. The van der Waals surface area contributed by atoms with E-state index in [9.17, 15) is 14.7 Å². The second-order valence-electron chi connectivity index (χ2n) is 6.76. The van der Waals surface area contributed by atoms with Crippen molar-refractivity contribution in [3.63, 3.8) is 0 Å². The number of carbonyl (C=O) groups is 2. The number of hydrogen-bond acceptors (Lipinski definition) is 2. The van der Waals surface area contributed by atoms with E-state index in [0.717, 1.165) is 18.5 Å². The molecule has 1 saturated carbocycles. The quantitative estimate of drug-likeness (QED) is 0.815. The third kappa shape index (κ3) is 2.90. The molecular formula is C19H23NO3. The number of carboxylic acids is 1. The Kier molecular flexibility index (Phi) is 4.24. The molecule has 0 heterocycles. The third-order valence-corrected chi connectivity index (χ3v) is 5.41. The summed E-state index contributed by atoms with van der Waals surface area (Å²) in [5, 5.41) is 12.3. The number of nitrogens with one attached hydrogen (secondary N) is 1. The van der Waals surface area contributed by atoms with Gasteiger partial charge in [0, 0.05) is 5.69 Å². The highest BCUT2D eigenvalue weighted by Gasteiger charge is 2.51. The first kappa shape index (κ1) is 15.8. The molecule has 0 spiro atoms. The van der Waals surface area contributed by atoms with E-state index in [0.29, 0.717) is 5.92 Å². The normalized spacial score (nSPS) is 29.5. The maximum absolute atomic E-state index is 12.6. The van der Waals surface area contributed by atoms with Crippen LogP contribution in [0.5, 0.6) is 0 Å².